The minimum absolute atomic E-state index is 0.154. The van der Waals surface area contributed by atoms with Crippen molar-refractivity contribution in [3.63, 3.8) is 0 Å². The average Bonchev–Trinajstić information content (AvgIpc) is 2.21. The largest absolute Gasteiger partial charge is 0.345 e. The van der Waals surface area contributed by atoms with Crippen LogP contribution in [0.5, 0.6) is 0 Å². The monoisotopic (exact) mass is 283 g/mol. The van der Waals surface area contributed by atoms with E-state index in [1.165, 1.54) is 12.1 Å². The first kappa shape index (κ1) is 11.3. The average molecular weight is 284 g/mol. The lowest BCUT2D eigenvalue weighted by Gasteiger charge is -2.14. The molecule has 1 heterocycles. The molecule has 0 bridgehead atoms. The van der Waals surface area contributed by atoms with Crippen LogP contribution in [0.1, 0.15) is 19.9 Å². The standard InChI is InChI=1S/C12H11BrFNO/c1-7(2)15-4-3-12(16)8-5-10(14)9(13)6-11(8)15/h3-7H,1-2H3. The smallest absolute Gasteiger partial charge is 0.189 e. The number of benzene rings is 1. The van der Waals surface area contributed by atoms with E-state index in [-0.39, 0.29) is 11.5 Å². The van der Waals surface area contributed by atoms with Gasteiger partial charge in [0.05, 0.1) is 9.99 Å². The lowest BCUT2D eigenvalue weighted by atomic mass is 10.2. The molecule has 1 aromatic carbocycles. The third-order valence-corrected chi connectivity index (χ3v) is 3.13. The highest BCUT2D eigenvalue weighted by molar-refractivity contribution is 9.10. The van der Waals surface area contributed by atoms with Crippen LogP contribution in [0.15, 0.2) is 33.7 Å². The summed E-state index contributed by atoms with van der Waals surface area (Å²) >= 11 is 3.13. The summed E-state index contributed by atoms with van der Waals surface area (Å²) in [5, 5.41) is 0.414. The van der Waals surface area contributed by atoms with Crippen LogP contribution in [0.25, 0.3) is 10.9 Å². The number of fused-ring (bicyclic) bond motifs is 1. The lowest BCUT2D eigenvalue weighted by molar-refractivity contribution is 0.610. The zero-order valence-electron chi connectivity index (χ0n) is 9.00. The van der Waals surface area contributed by atoms with E-state index in [2.05, 4.69) is 15.9 Å². The Morgan fingerprint density at radius 1 is 1.38 bits per heavy atom. The number of aromatic nitrogens is 1. The molecule has 2 aromatic rings. The van der Waals surface area contributed by atoms with Crippen LogP contribution < -0.4 is 5.43 Å². The lowest BCUT2D eigenvalue weighted by Crippen LogP contribution is -2.10. The zero-order valence-corrected chi connectivity index (χ0v) is 10.6. The maximum absolute atomic E-state index is 13.4. The molecular weight excluding hydrogens is 273 g/mol. The van der Waals surface area contributed by atoms with Crippen LogP contribution in [0.2, 0.25) is 0 Å². The predicted molar refractivity (Wildman–Crippen MR) is 66.3 cm³/mol. The van der Waals surface area contributed by atoms with Crippen LogP contribution >= 0.6 is 15.9 Å². The normalized spacial score (nSPS) is 11.3. The number of rotatable bonds is 1. The molecule has 0 N–H and O–H groups in total. The van der Waals surface area contributed by atoms with Crippen molar-refractivity contribution in [1.29, 1.82) is 0 Å². The molecule has 0 saturated carbocycles. The van der Waals surface area contributed by atoms with Crippen molar-refractivity contribution >= 4 is 26.8 Å². The quantitative estimate of drug-likeness (QED) is 0.785. The maximum atomic E-state index is 13.4. The molecule has 0 spiro atoms. The van der Waals surface area contributed by atoms with Gasteiger partial charge in [0, 0.05) is 23.7 Å². The second-order valence-electron chi connectivity index (χ2n) is 3.96. The van der Waals surface area contributed by atoms with Gasteiger partial charge in [-0.1, -0.05) is 0 Å². The third kappa shape index (κ3) is 1.78. The minimum atomic E-state index is -0.411. The van der Waals surface area contributed by atoms with Gasteiger partial charge < -0.3 is 4.57 Å². The highest BCUT2D eigenvalue weighted by atomic mass is 79.9. The Bertz CT molecular complexity index is 604. The number of hydrogen-bond donors (Lipinski definition) is 0. The van der Waals surface area contributed by atoms with Crippen LogP contribution in [0.4, 0.5) is 4.39 Å². The van der Waals surface area contributed by atoms with E-state index in [1.54, 1.807) is 12.3 Å². The van der Waals surface area contributed by atoms with Crippen LogP contribution in [0.3, 0.4) is 0 Å². The Hall–Kier alpha value is -1.16. The summed E-state index contributed by atoms with van der Waals surface area (Å²) in [4.78, 5) is 11.6. The van der Waals surface area contributed by atoms with E-state index in [1.807, 2.05) is 18.4 Å². The molecule has 0 fully saturated rings. The first-order valence-electron chi connectivity index (χ1n) is 5.00. The third-order valence-electron chi connectivity index (χ3n) is 2.53. The molecule has 0 atom stereocenters. The minimum Gasteiger partial charge on any atom is -0.345 e. The predicted octanol–water partition coefficient (Wildman–Crippen LogP) is 3.48. The van der Waals surface area contributed by atoms with Crippen molar-refractivity contribution in [2.24, 2.45) is 0 Å². The number of halogens is 2. The van der Waals surface area contributed by atoms with Gasteiger partial charge in [0.2, 0.25) is 0 Å². The first-order valence-corrected chi connectivity index (χ1v) is 5.80. The van der Waals surface area contributed by atoms with E-state index >= 15 is 0 Å². The molecule has 0 unspecified atom stereocenters. The Morgan fingerprint density at radius 2 is 2.06 bits per heavy atom. The molecule has 2 rings (SSSR count). The molecule has 0 saturated heterocycles. The summed E-state index contributed by atoms with van der Waals surface area (Å²) in [6, 6.07) is 4.61. The second kappa shape index (κ2) is 4.01. The van der Waals surface area contributed by atoms with Gasteiger partial charge in [-0.05, 0) is 41.9 Å². The van der Waals surface area contributed by atoms with E-state index in [4.69, 9.17) is 0 Å². The molecule has 0 radical (unpaired) electrons. The van der Waals surface area contributed by atoms with Crippen molar-refractivity contribution < 1.29 is 4.39 Å². The summed E-state index contributed by atoms with van der Waals surface area (Å²) in [6.45, 7) is 4.03. The van der Waals surface area contributed by atoms with Crippen molar-refractivity contribution in [2.45, 2.75) is 19.9 Å². The Kier molecular flexibility index (Phi) is 2.84. The number of hydrogen-bond acceptors (Lipinski definition) is 1. The van der Waals surface area contributed by atoms with Gasteiger partial charge in [-0.3, -0.25) is 4.79 Å². The van der Waals surface area contributed by atoms with Gasteiger partial charge in [-0.15, -0.1) is 0 Å². The molecular formula is C12H11BrFNO. The van der Waals surface area contributed by atoms with Crippen molar-refractivity contribution in [3.05, 3.63) is 44.9 Å². The molecule has 0 aliphatic heterocycles. The van der Waals surface area contributed by atoms with Gasteiger partial charge in [-0.2, -0.15) is 0 Å². The van der Waals surface area contributed by atoms with Gasteiger partial charge in [0.1, 0.15) is 5.82 Å². The summed E-state index contributed by atoms with van der Waals surface area (Å²) in [6.07, 6.45) is 1.74. The fraction of sp³-hybridized carbons (Fsp3) is 0.250. The van der Waals surface area contributed by atoms with Gasteiger partial charge in [0.25, 0.3) is 0 Å². The second-order valence-corrected chi connectivity index (χ2v) is 4.82. The SMILES string of the molecule is CC(C)n1ccc(=O)c2cc(F)c(Br)cc21. The van der Waals surface area contributed by atoms with E-state index in [9.17, 15) is 9.18 Å². The molecule has 1 aromatic heterocycles. The van der Waals surface area contributed by atoms with Crippen molar-refractivity contribution in [3.8, 4) is 0 Å². The van der Waals surface area contributed by atoms with Crippen LogP contribution in [-0.2, 0) is 0 Å². The van der Waals surface area contributed by atoms with Gasteiger partial charge >= 0.3 is 0 Å². The molecule has 0 amide bonds. The highest BCUT2D eigenvalue weighted by Gasteiger charge is 2.09. The Morgan fingerprint density at radius 3 is 2.69 bits per heavy atom. The molecule has 4 heteroatoms. The fourth-order valence-electron chi connectivity index (χ4n) is 1.72. The summed E-state index contributed by atoms with van der Waals surface area (Å²) < 4.78 is 15.7. The van der Waals surface area contributed by atoms with Crippen LogP contribution in [-0.4, -0.2) is 4.57 Å². The topological polar surface area (TPSA) is 22.0 Å². The molecule has 84 valence electrons. The van der Waals surface area contributed by atoms with Gasteiger partial charge in [-0.25, -0.2) is 4.39 Å². The van der Waals surface area contributed by atoms with Crippen molar-refractivity contribution in [2.75, 3.05) is 0 Å². The molecule has 2 nitrogen and oxygen atoms in total. The fourth-order valence-corrected chi connectivity index (χ4v) is 2.05. The van der Waals surface area contributed by atoms with E-state index in [0.717, 1.165) is 5.52 Å². The molecule has 0 aliphatic carbocycles. The maximum Gasteiger partial charge on any atom is 0.189 e. The van der Waals surface area contributed by atoms with Crippen molar-refractivity contribution in [1.82, 2.24) is 4.57 Å². The highest BCUT2D eigenvalue weighted by Crippen LogP contribution is 2.23. The molecule has 0 aliphatic rings. The zero-order chi connectivity index (χ0) is 11.9. The van der Waals surface area contributed by atoms with Gasteiger partial charge in [0.15, 0.2) is 5.43 Å². The summed E-state index contributed by atoms with van der Waals surface area (Å²) in [5.41, 5.74) is 0.592. The van der Waals surface area contributed by atoms with Crippen LogP contribution in [0, 0.1) is 5.82 Å². The first-order chi connectivity index (χ1) is 7.50. The Labute approximate surface area is 101 Å². The summed E-state index contributed by atoms with van der Waals surface area (Å²) in [7, 11) is 0. The van der Waals surface area contributed by atoms with E-state index < -0.39 is 5.82 Å². The number of nitrogens with zero attached hydrogens (tertiary/aromatic N) is 1. The molecule has 16 heavy (non-hydrogen) atoms. The summed E-state index contributed by atoms with van der Waals surface area (Å²) in [5.74, 6) is -0.411. The number of pyridine rings is 1. The Balaban J connectivity index is 2.93. The van der Waals surface area contributed by atoms with E-state index in [0.29, 0.717) is 9.86 Å².